The average Bonchev–Trinajstić information content (AvgIpc) is 3.19. The van der Waals surface area contributed by atoms with E-state index in [1.807, 2.05) is 25.1 Å². The highest BCUT2D eigenvalue weighted by Gasteiger charge is 2.33. The van der Waals surface area contributed by atoms with Crippen LogP contribution in [0.1, 0.15) is 23.6 Å². The normalized spacial score (nSPS) is 16.1. The number of rotatable bonds is 2. The third-order valence-corrected chi connectivity index (χ3v) is 6.86. The Morgan fingerprint density at radius 2 is 1.80 bits per heavy atom. The van der Waals surface area contributed by atoms with Gasteiger partial charge in [-0.05, 0) is 54.7 Å². The molecule has 0 saturated heterocycles. The first-order valence-corrected chi connectivity index (χ1v) is 9.86. The molecule has 6 heteroatoms. The van der Waals surface area contributed by atoms with Crippen LogP contribution in [0.4, 0.5) is 11.4 Å². The van der Waals surface area contributed by atoms with Gasteiger partial charge in [0.25, 0.3) is 10.0 Å². The molecule has 0 fully saturated rings. The first-order valence-electron chi connectivity index (χ1n) is 8.42. The third kappa shape index (κ3) is 2.43. The Hall–Kier alpha value is -2.34. The molecular weight excluding hydrogens is 336 g/mol. The molecule has 0 spiro atoms. The highest BCUT2D eigenvalue weighted by molar-refractivity contribution is 7.92. The summed E-state index contributed by atoms with van der Waals surface area (Å²) >= 11 is 0. The molecule has 0 unspecified atom stereocenters. The first-order chi connectivity index (χ1) is 11.9. The number of carbonyl (C=O) groups excluding carboxylic acids is 1. The van der Waals surface area contributed by atoms with Crippen molar-refractivity contribution in [2.24, 2.45) is 0 Å². The molecule has 0 aromatic heterocycles. The lowest BCUT2D eigenvalue weighted by atomic mass is 10.1. The molecule has 2 aromatic carbocycles. The number of anilines is 2. The number of hydrogen-bond acceptors (Lipinski definition) is 3. The standard InChI is InChI=1S/C19H20N2O3S/c1-13-4-3-5-15-9-11-21(19(13)15)25(23,24)17-6-7-18-16(12-17)8-10-20(18)14(2)22/h3-7,12H,8-11H2,1-2H3. The highest BCUT2D eigenvalue weighted by Crippen LogP contribution is 2.37. The summed E-state index contributed by atoms with van der Waals surface area (Å²) in [6, 6.07) is 11.0. The average molecular weight is 356 g/mol. The zero-order valence-electron chi connectivity index (χ0n) is 14.3. The largest absolute Gasteiger partial charge is 0.312 e. The lowest BCUT2D eigenvalue weighted by Gasteiger charge is -2.22. The van der Waals surface area contributed by atoms with E-state index >= 15 is 0 Å². The molecule has 0 saturated carbocycles. The summed E-state index contributed by atoms with van der Waals surface area (Å²) in [5, 5.41) is 0. The maximum Gasteiger partial charge on any atom is 0.264 e. The van der Waals surface area contributed by atoms with Crippen LogP contribution in [0, 0.1) is 6.92 Å². The van der Waals surface area contributed by atoms with Gasteiger partial charge in [-0.3, -0.25) is 9.10 Å². The monoisotopic (exact) mass is 356 g/mol. The molecule has 2 aliphatic heterocycles. The number of carbonyl (C=O) groups is 1. The Labute approximate surface area is 147 Å². The van der Waals surface area contributed by atoms with Crippen LogP contribution in [-0.2, 0) is 27.7 Å². The number of amides is 1. The molecule has 2 aromatic rings. The van der Waals surface area contributed by atoms with Gasteiger partial charge >= 0.3 is 0 Å². The molecule has 2 heterocycles. The number of benzene rings is 2. The molecule has 5 nitrogen and oxygen atoms in total. The number of para-hydroxylation sites is 1. The Kier molecular flexibility index (Phi) is 3.61. The Morgan fingerprint density at radius 3 is 2.56 bits per heavy atom. The summed E-state index contributed by atoms with van der Waals surface area (Å²) in [6.45, 7) is 4.56. The fourth-order valence-corrected chi connectivity index (χ4v) is 5.46. The van der Waals surface area contributed by atoms with Crippen LogP contribution in [0.25, 0.3) is 0 Å². The molecule has 0 atom stereocenters. The van der Waals surface area contributed by atoms with Crippen molar-refractivity contribution in [1.82, 2.24) is 0 Å². The van der Waals surface area contributed by atoms with Gasteiger partial charge < -0.3 is 4.90 Å². The fraction of sp³-hybridized carbons (Fsp3) is 0.316. The number of sulfonamides is 1. The Balaban J connectivity index is 1.76. The van der Waals surface area contributed by atoms with Crippen LogP contribution in [-0.4, -0.2) is 27.4 Å². The minimum Gasteiger partial charge on any atom is -0.312 e. The second-order valence-corrected chi connectivity index (χ2v) is 8.48. The van der Waals surface area contributed by atoms with Gasteiger partial charge in [0.2, 0.25) is 5.91 Å². The quantitative estimate of drug-likeness (QED) is 0.831. The van der Waals surface area contributed by atoms with E-state index in [-0.39, 0.29) is 5.91 Å². The van der Waals surface area contributed by atoms with Crippen LogP contribution < -0.4 is 9.21 Å². The number of aryl methyl sites for hydroxylation is 1. The summed E-state index contributed by atoms with van der Waals surface area (Å²) in [4.78, 5) is 13.7. The van der Waals surface area contributed by atoms with E-state index in [2.05, 4.69) is 0 Å². The topological polar surface area (TPSA) is 57.7 Å². The van der Waals surface area contributed by atoms with E-state index in [4.69, 9.17) is 0 Å². The van der Waals surface area contributed by atoms with E-state index in [9.17, 15) is 13.2 Å². The zero-order valence-corrected chi connectivity index (χ0v) is 15.1. The van der Waals surface area contributed by atoms with Gasteiger partial charge in [-0.2, -0.15) is 0 Å². The number of fused-ring (bicyclic) bond motifs is 2. The van der Waals surface area contributed by atoms with Crippen LogP contribution in [0.3, 0.4) is 0 Å². The van der Waals surface area contributed by atoms with Crippen molar-refractivity contribution in [3.63, 3.8) is 0 Å². The van der Waals surface area contributed by atoms with E-state index in [1.165, 1.54) is 11.2 Å². The van der Waals surface area contributed by atoms with E-state index in [0.717, 1.165) is 34.5 Å². The van der Waals surface area contributed by atoms with Crippen LogP contribution >= 0.6 is 0 Å². The maximum absolute atomic E-state index is 13.2. The molecule has 0 bridgehead atoms. The van der Waals surface area contributed by atoms with Gasteiger partial charge in [0.1, 0.15) is 0 Å². The van der Waals surface area contributed by atoms with E-state index in [0.29, 0.717) is 24.4 Å². The number of hydrogen-bond donors (Lipinski definition) is 0. The van der Waals surface area contributed by atoms with Crippen molar-refractivity contribution < 1.29 is 13.2 Å². The summed E-state index contributed by atoms with van der Waals surface area (Å²) in [6.07, 6.45) is 1.42. The van der Waals surface area contributed by atoms with Crippen molar-refractivity contribution in [2.45, 2.75) is 31.6 Å². The molecule has 1 amide bonds. The van der Waals surface area contributed by atoms with Gasteiger partial charge in [0.15, 0.2) is 0 Å². The Bertz CT molecular complexity index is 982. The van der Waals surface area contributed by atoms with Crippen LogP contribution in [0.15, 0.2) is 41.3 Å². The van der Waals surface area contributed by atoms with Gasteiger partial charge in [-0.15, -0.1) is 0 Å². The van der Waals surface area contributed by atoms with Gasteiger partial charge in [-0.25, -0.2) is 8.42 Å². The summed E-state index contributed by atoms with van der Waals surface area (Å²) in [5.74, 6) is -0.0153. The minimum atomic E-state index is -3.60. The van der Waals surface area contributed by atoms with Crippen molar-refractivity contribution in [2.75, 3.05) is 22.3 Å². The second-order valence-electron chi connectivity index (χ2n) is 6.62. The predicted molar refractivity (Wildman–Crippen MR) is 97.6 cm³/mol. The van der Waals surface area contributed by atoms with Crippen molar-refractivity contribution in [1.29, 1.82) is 0 Å². The fourth-order valence-electron chi connectivity index (χ4n) is 3.85. The molecule has 0 radical (unpaired) electrons. The summed E-state index contributed by atoms with van der Waals surface area (Å²) < 4.78 is 27.9. The SMILES string of the molecule is CC(=O)N1CCc2cc(S(=O)(=O)N3CCc4cccc(C)c43)ccc21. The second kappa shape index (κ2) is 5.59. The first kappa shape index (κ1) is 16.1. The molecule has 25 heavy (non-hydrogen) atoms. The van der Waals surface area contributed by atoms with Gasteiger partial charge in [-0.1, -0.05) is 18.2 Å². The summed E-state index contributed by atoms with van der Waals surface area (Å²) in [5.41, 5.74) is 4.60. The molecule has 0 aliphatic carbocycles. The molecule has 2 aliphatic rings. The minimum absolute atomic E-state index is 0.0153. The lowest BCUT2D eigenvalue weighted by molar-refractivity contribution is -0.116. The van der Waals surface area contributed by atoms with Crippen LogP contribution in [0.2, 0.25) is 0 Å². The van der Waals surface area contributed by atoms with Crippen molar-refractivity contribution in [3.05, 3.63) is 53.1 Å². The van der Waals surface area contributed by atoms with Crippen molar-refractivity contribution in [3.8, 4) is 0 Å². The smallest absolute Gasteiger partial charge is 0.264 e. The predicted octanol–water partition coefficient (Wildman–Crippen LogP) is 2.66. The maximum atomic E-state index is 13.2. The molecular formula is C19H20N2O3S. The van der Waals surface area contributed by atoms with Crippen LogP contribution in [0.5, 0.6) is 0 Å². The Morgan fingerprint density at radius 1 is 1.04 bits per heavy atom. The van der Waals surface area contributed by atoms with Crippen molar-refractivity contribution >= 4 is 27.3 Å². The third-order valence-electron chi connectivity index (χ3n) is 5.07. The van der Waals surface area contributed by atoms with Gasteiger partial charge in [0.05, 0.1) is 10.6 Å². The van der Waals surface area contributed by atoms with E-state index < -0.39 is 10.0 Å². The number of nitrogens with zero attached hydrogens (tertiary/aromatic N) is 2. The summed E-state index contributed by atoms with van der Waals surface area (Å²) in [7, 11) is -3.60. The highest BCUT2D eigenvalue weighted by atomic mass is 32.2. The molecule has 130 valence electrons. The lowest BCUT2D eigenvalue weighted by Crippen LogP contribution is -2.29. The molecule has 4 rings (SSSR count). The van der Waals surface area contributed by atoms with E-state index in [1.54, 1.807) is 23.1 Å². The zero-order chi connectivity index (χ0) is 17.8. The van der Waals surface area contributed by atoms with Gasteiger partial charge in [0, 0.05) is 25.7 Å². The molecule has 0 N–H and O–H groups in total.